The topological polar surface area (TPSA) is 270 Å². The molecule has 3 rings (SSSR count). The average molecular weight is 621 g/mol. The number of phosphoric ester groups is 1. The summed E-state index contributed by atoms with van der Waals surface area (Å²) in [5.41, 5.74) is 2.62. The van der Waals surface area contributed by atoms with Crippen molar-refractivity contribution in [3.05, 3.63) is 12.7 Å². The molecule has 0 aromatic carbocycles. The van der Waals surface area contributed by atoms with Crippen LogP contribution in [0, 0.1) is 12.3 Å². The largest absolute Gasteiger partial charge is 1.00 e. The van der Waals surface area contributed by atoms with E-state index in [2.05, 4.69) is 28.1 Å². The van der Waals surface area contributed by atoms with Gasteiger partial charge in [-0.3, -0.25) is 18.0 Å². The Balaban J connectivity index is 0. The third-order valence-electron chi connectivity index (χ3n) is 4.10. The molecule has 0 bridgehead atoms. The summed E-state index contributed by atoms with van der Waals surface area (Å²) in [7, 11) is -18.3. The van der Waals surface area contributed by atoms with E-state index in [-0.39, 0.29) is 135 Å². The van der Waals surface area contributed by atoms with E-state index in [1.54, 1.807) is 5.92 Å². The smallest absolute Gasteiger partial charge is 0.790 e. The third kappa shape index (κ3) is 10.1. The van der Waals surface area contributed by atoms with Crippen LogP contribution in [0.3, 0.4) is 0 Å². The molecule has 1 fully saturated rings. The number of hydrogen-bond acceptors (Lipinski definition) is 16. The van der Waals surface area contributed by atoms with E-state index in [1.807, 2.05) is 0 Å². The number of aromatic nitrogens is 4. The van der Waals surface area contributed by atoms with Crippen molar-refractivity contribution in [1.29, 1.82) is 0 Å². The minimum atomic E-state index is -6.21. The Morgan fingerprint density at radius 3 is 2.27 bits per heavy atom. The van der Waals surface area contributed by atoms with Crippen molar-refractivity contribution in [2.45, 2.75) is 24.1 Å². The van der Waals surface area contributed by atoms with Gasteiger partial charge in [0, 0.05) is 0 Å². The van der Waals surface area contributed by atoms with Crippen molar-refractivity contribution in [3.63, 3.8) is 0 Å². The van der Waals surface area contributed by atoms with Gasteiger partial charge in [-0.15, -0.1) is 6.42 Å². The molecule has 25 heteroatoms. The molecule has 3 heterocycles. The Morgan fingerprint density at radius 1 is 1.14 bits per heavy atom. The molecular formula is C12H11FN5Na4O12P3. The Morgan fingerprint density at radius 2 is 1.73 bits per heavy atom. The number of rotatable bonds is 8. The van der Waals surface area contributed by atoms with E-state index in [1.165, 1.54) is 0 Å². The number of alkyl halides is 1. The predicted molar refractivity (Wildman–Crippen MR) is 93.3 cm³/mol. The van der Waals surface area contributed by atoms with Crippen LogP contribution in [-0.2, 0) is 31.6 Å². The SMILES string of the molecule is C#C[C@@]1(F)[C@H](O)[C@@H](COP(=O)([O-])OP(=O)([O-])OP(=O)([O-])[O-])O[C@@H]1n1cnc2c(N)ncnc21.[Na+].[Na+].[Na+].[Na+]. The zero-order chi connectivity index (χ0) is 24.8. The van der Waals surface area contributed by atoms with Gasteiger partial charge in [-0.05, 0) is 0 Å². The fraction of sp³-hybridized carbons (Fsp3) is 0.417. The molecule has 37 heavy (non-hydrogen) atoms. The van der Waals surface area contributed by atoms with Gasteiger partial charge in [0.1, 0.15) is 24.1 Å². The summed E-state index contributed by atoms with van der Waals surface area (Å²) in [6, 6.07) is 0. The number of phosphoric acid groups is 3. The van der Waals surface area contributed by atoms with Gasteiger partial charge in [-0.1, -0.05) is 5.92 Å². The third-order valence-corrected chi connectivity index (χ3v) is 7.77. The van der Waals surface area contributed by atoms with Crippen LogP contribution < -0.4 is 144 Å². The summed E-state index contributed by atoms with van der Waals surface area (Å²) < 4.78 is 65.4. The molecule has 2 aromatic rings. The predicted octanol–water partition coefficient (Wildman–Crippen LogP) is -15.2. The molecule has 3 N–H and O–H groups in total. The molecular weight excluding hydrogens is 610 g/mol. The monoisotopic (exact) mass is 621 g/mol. The first-order chi connectivity index (χ1) is 15.1. The van der Waals surface area contributed by atoms with E-state index in [0.29, 0.717) is 0 Å². The number of nitrogens with two attached hydrogens (primary N) is 1. The minimum absolute atomic E-state index is 0. The van der Waals surface area contributed by atoms with Crippen LogP contribution in [0.25, 0.3) is 11.2 Å². The van der Waals surface area contributed by atoms with E-state index in [4.69, 9.17) is 16.9 Å². The van der Waals surface area contributed by atoms with Gasteiger partial charge in [-0.2, -0.15) is 0 Å². The second-order valence-electron chi connectivity index (χ2n) is 6.27. The molecule has 1 aliphatic heterocycles. The Kier molecular flexibility index (Phi) is 17.4. The van der Waals surface area contributed by atoms with Crippen LogP contribution in [0.2, 0.25) is 0 Å². The van der Waals surface area contributed by atoms with Crippen molar-refractivity contribution < 1.29 is 179 Å². The van der Waals surface area contributed by atoms with Gasteiger partial charge in [0.25, 0.3) is 15.6 Å². The molecule has 0 spiro atoms. The number of hydrogen-bond donors (Lipinski definition) is 2. The molecule has 17 nitrogen and oxygen atoms in total. The summed E-state index contributed by atoms with van der Waals surface area (Å²) >= 11 is 0. The number of imidazole rings is 1. The average Bonchev–Trinajstić information content (AvgIpc) is 3.18. The van der Waals surface area contributed by atoms with Crippen molar-refractivity contribution >= 4 is 40.4 Å². The minimum Gasteiger partial charge on any atom is -0.790 e. The molecule has 0 aliphatic carbocycles. The van der Waals surface area contributed by atoms with Gasteiger partial charge in [-0.25, -0.2) is 23.7 Å². The van der Waals surface area contributed by atoms with Crippen molar-refractivity contribution in [3.8, 4) is 12.3 Å². The van der Waals surface area contributed by atoms with Crippen LogP contribution in [0.4, 0.5) is 10.2 Å². The molecule has 0 radical (unpaired) electrons. The molecule has 0 amide bonds. The van der Waals surface area contributed by atoms with E-state index in [9.17, 15) is 38.4 Å². The van der Waals surface area contributed by atoms with Crippen LogP contribution in [0.1, 0.15) is 6.23 Å². The summed E-state index contributed by atoms with van der Waals surface area (Å²) in [6.45, 7) is -1.26. The van der Waals surface area contributed by atoms with Gasteiger partial charge in [0.15, 0.2) is 17.7 Å². The number of anilines is 1. The number of aliphatic hydroxyl groups excluding tert-OH is 1. The van der Waals surface area contributed by atoms with Crippen LogP contribution >= 0.6 is 23.5 Å². The number of fused-ring (bicyclic) bond motifs is 1. The van der Waals surface area contributed by atoms with Crippen LogP contribution in [-0.4, -0.2) is 49.1 Å². The maximum Gasteiger partial charge on any atom is 1.00 e. The number of halogens is 1. The van der Waals surface area contributed by atoms with E-state index >= 15 is 4.39 Å². The van der Waals surface area contributed by atoms with Crippen LogP contribution in [0.5, 0.6) is 0 Å². The van der Waals surface area contributed by atoms with E-state index in [0.717, 1.165) is 17.2 Å². The number of aliphatic hydroxyl groups is 1. The summed E-state index contributed by atoms with van der Waals surface area (Å²) in [4.78, 5) is 55.0. The molecule has 1 aliphatic rings. The summed E-state index contributed by atoms with van der Waals surface area (Å²) in [5.74, 6) is 1.61. The van der Waals surface area contributed by atoms with E-state index < -0.39 is 54.2 Å². The molecule has 182 valence electrons. The second-order valence-corrected chi connectivity index (χ2v) is 10.5. The van der Waals surface area contributed by atoms with Gasteiger partial charge < -0.3 is 44.2 Å². The maximum atomic E-state index is 15.4. The zero-order valence-electron chi connectivity index (χ0n) is 19.7. The maximum absolute atomic E-state index is 15.4. The molecule has 2 unspecified atom stereocenters. The van der Waals surface area contributed by atoms with Crippen molar-refractivity contribution in [2.75, 3.05) is 12.3 Å². The molecule has 0 saturated carbocycles. The summed E-state index contributed by atoms with van der Waals surface area (Å²) in [5, 5.41) is 10.3. The normalized spacial score (nSPS) is 26.2. The Bertz CT molecular complexity index is 1260. The van der Waals surface area contributed by atoms with Gasteiger partial charge in [0.05, 0.1) is 20.8 Å². The number of nitrogen functional groups attached to an aromatic ring is 1. The number of ether oxygens (including phenoxy) is 1. The Labute approximate surface area is 296 Å². The quantitative estimate of drug-likeness (QED) is 0.157. The standard InChI is InChI=1S/C12H15FN5O12P3.4Na/c1-2-12(13)8(19)6(3-27-32(23,24)30-33(25,26)29-31(20,21)22)28-11(12)18-5-17-7-9(14)15-4-16-10(7)18;;;;/h1,4-6,8,11,19H,3H2,(H,23,24)(H,25,26)(H2,14,15,16)(H2,20,21,22);;;;/q;4*+1/p-4/t6-,8-,11+,12-;;;;/m1..../s1. The fourth-order valence-corrected chi connectivity index (χ4v) is 5.67. The van der Waals surface area contributed by atoms with Crippen molar-refractivity contribution in [1.82, 2.24) is 19.5 Å². The molecule has 2 aromatic heterocycles. The fourth-order valence-electron chi connectivity index (χ4n) is 2.80. The van der Waals surface area contributed by atoms with Crippen LogP contribution in [0.15, 0.2) is 12.7 Å². The summed E-state index contributed by atoms with van der Waals surface area (Å²) in [6.07, 6.45) is 1.33. The first-order valence-electron chi connectivity index (χ1n) is 8.23. The van der Waals surface area contributed by atoms with Crippen molar-refractivity contribution in [2.24, 2.45) is 0 Å². The first-order valence-corrected chi connectivity index (χ1v) is 12.6. The first kappa shape index (κ1) is 41.3. The molecule has 6 atom stereocenters. The molecule has 1 saturated heterocycles. The number of terminal acetylenes is 1. The second kappa shape index (κ2) is 15.6. The van der Waals surface area contributed by atoms with Gasteiger partial charge >= 0.3 is 118 Å². The Hall–Kier alpha value is 2.17. The number of nitrogens with zero attached hydrogens (tertiary/aromatic N) is 4. The van der Waals surface area contributed by atoms with Gasteiger partial charge in [0.2, 0.25) is 5.67 Å². The zero-order valence-corrected chi connectivity index (χ0v) is 30.4.